The quantitative estimate of drug-likeness (QED) is 0.341. The van der Waals surface area contributed by atoms with Crippen LogP contribution in [0.3, 0.4) is 0 Å². The number of carbonyl (C=O) groups excluding carboxylic acids is 2. The average Bonchev–Trinajstić information content (AvgIpc) is 3.26. The van der Waals surface area contributed by atoms with E-state index in [1.165, 1.54) is 19.3 Å². The van der Waals surface area contributed by atoms with Crippen molar-refractivity contribution in [2.75, 3.05) is 19.8 Å². The summed E-state index contributed by atoms with van der Waals surface area (Å²) in [6, 6.07) is 7.43. The lowest BCUT2D eigenvalue weighted by atomic mass is 9.79. The van der Waals surface area contributed by atoms with Crippen molar-refractivity contribution in [3.8, 4) is 11.3 Å². The van der Waals surface area contributed by atoms with Gasteiger partial charge < -0.3 is 20.4 Å². The van der Waals surface area contributed by atoms with Crippen molar-refractivity contribution in [3.63, 3.8) is 0 Å². The van der Waals surface area contributed by atoms with Crippen molar-refractivity contribution in [1.29, 1.82) is 0 Å². The van der Waals surface area contributed by atoms with Crippen LogP contribution in [0.5, 0.6) is 0 Å². The zero-order valence-corrected chi connectivity index (χ0v) is 28.5. The third-order valence-electron chi connectivity index (χ3n) is 9.15. The van der Waals surface area contributed by atoms with Crippen LogP contribution in [0.2, 0.25) is 0 Å². The second-order valence-corrected chi connectivity index (χ2v) is 16.6. The van der Waals surface area contributed by atoms with Gasteiger partial charge in [0.25, 0.3) is 5.91 Å². The Morgan fingerprint density at radius 2 is 1.66 bits per heavy atom. The Morgan fingerprint density at radius 1 is 1.02 bits per heavy atom. The largest absolute Gasteiger partial charge is 0.381 e. The smallest absolute Gasteiger partial charge is 0.253 e. The molecule has 0 radical (unpaired) electrons. The molecule has 1 aromatic heterocycles. The molecule has 2 amide bonds. The highest BCUT2D eigenvalue weighted by Crippen LogP contribution is 2.37. The fraction of sp³-hybridized carbons (Fsp3) is 0.647. The van der Waals surface area contributed by atoms with Gasteiger partial charge in [-0.3, -0.25) is 9.59 Å². The number of hydrogen-bond donors (Lipinski definition) is 3. The second kappa shape index (κ2) is 13.0. The molecule has 244 valence electrons. The number of primary amides is 1. The van der Waals surface area contributed by atoms with E-state index < -0.39 is 32.3 Å². The summed E-state index contributed by atoms with van der Waals surface area (Å²) in [7, 11) is -3.78. The Hall–Kier alpha value is -2.69. The van der Waals surface area contributed by atoms with E-state index in [4.69, 9.17) is 10.5 Å². The monoisotopic (exact) mass is 628 g/mol. The Balaban J connectivity index is 1.77. The first kappa shape index (κ1) is 34.2. The number of aromatic nitrogens is 1. The number of sulfonamides is 1. The molecule has 9 nitrogen and oxygen atoms in total. The summed E-state index contributed by atoms with van der Waals surface area (Å²) >= 11 is 0. The number of ether oxygens (including phenoxy) is 1. The molecule has 2 heterocycles. The zero-order chi connectivity index (χ0) is 32.5. The van der Waals surface area contributed by atoms with Crippen molar-refractivity contribution < 1.29 is 22.7 Å². The fourth-order valence-electron chi connectivity index (χ4n) is 6.56. The molecule has 0 bridgehead atoms. The van der Waals surface area contributed by atoms with Crippen LogP contribution < -0.4 is 15.8 Å². The first-order chi connectivity index (χ1) is 20.4. The molecule has 4 rings (SSSR count). The van der Waals surface area contributed by atoms with Gasteiger partial charge in [-0.2, -0.15) is 0 Å². The SMILES string of the molecule is Cc1c(C(=O)NCC2(C(N)=O)CCOCC2)cc(-c2ccc(S(=O)(=O)NC(C)(C)C)c(C(C)(C)C)c2)n1CC1CCCCC1. The number of rotatable bonds is 9. The molecule has 1 saturated carbocycles. The lowest BCUT2D eigenvalue weighted by Crippen LogP contribution is -2.49. The van der Waals surface area contributed by atoms with E-state index >= 15 is 0 Å². The van der Waals surface area contributed by atoms with Gasteiger partial charge in [-0.1, -0.05) is 46.1 Å². The minimum absolute atomic E-state index is 0.161. The highest BCUT2D eigenvalue weighted by Gasteiger charge is 2.39. The van der Waals surface area contributed by atoms with Crippen molar-refractivity contribution in [3.05, 3.63) is 41.1 Å². The predicted octanol–water partition coefficient (Wildman–Crippen LogP) is 5.43. The summed E-state index contributed by atoms with van der Waals surface area (Å²) in [4.78, 5) is 26.4. The molecular weight excluding hydrogens is 576 g/mol. The van der Waals surface area contributed by atoms with E-state index in [0.717, 1.165) is 36.3 Å². The lowest BCUT2D eigenvalue weighted by molar-refractivity contribution is -0.132. The van der Waals surface area contributed by atoms with Crippen LogP contribution in [0.4, 0.5) is 0 Å². The van der Waals surface area contributed by atoms with Crippen LogP contribution >= 0.6 is 0 Å². The Kier molecular flexibility index (Phi) is 10.1. The minimum atomic E-state index is -3.78. The van der Waals surface area contributed by atoms with E-state index in [-0.39, 0.29) is 17.3 Å². The lowest BCUT2D eigenvalue weighted by Gasteiger charge is -2.34. The molecule has 2 fully saturated rings. The molecule has 2 aliphatic rings. The molecule has 0 atom stereocenters. The molecule has 1 aliphatic heterocycles. The van der Waals surface area contributed by atoms with Gasteiger partial charge in [0.2, 0.25) is 15.9 Å². The summed E-state index contributed by atoms with van der Waals surface area (Å²) in [5, 5.41) is 3.02. The Morgan fingerprint density at radius 3 is 2.23 bits per heavy atom. The minimum Gasteiger partial charge on any atom is -0.381 e. The van der Waals surface area contributed by atoms with Gasteiger partial charge in [0.15, 0.2) is 0 Å². The summed E-state index contributed by atoms with van der Waals surface area (Å²) < 4.78 is 37.5. The third-order valence-corrected chi connectivity index (χ3v) is 11.0. The molecule has 44 heavy (non-hydrogen) atoms. The number of amides is 2. The summed E-state index contributed by atoms with van der Waals surface area (Å²) in [5.41, 5.74) is 7.75. The average molecular weight is 629 g/mol. The molecule has 1 saturated heterocycles. The van der Waals surface area contributed by atoms with Gasteiger partial charge >= 0.3 is 0 Å². The Labute approximate surface area is 263 Å². The van der Waals surface area contributed by atoms with Gasteiger partial charge in [0, 0.05) is 43.2 Å². The molecule has 2 aromatic rings. The highest BCUT2D eigenvalue weighted by molar-refractivity contribution is 7.89. The molecular formula is C34H52N4O5S. The van der Waals surface area contributed by atoms with Crippen molar-refractivity contribution in [1.82, 2.24) is 14.6 Å². The molecule has 4 N–H and O–H groups in total. The molecule has 0 unspecified atom stereocenters. The maximum absolute atomic E-state index is 13.7. The number of nitrogens with one attached hydrogen (secondary N) is 2. The highest BCUT2D eigenvalue weighted by atomic mass is 32.2. The number of nitrogens with two attached hydrogens (primary N) is 1. The second-order valence-electron chi connectivity index (χ2n) is 14.9. The molecule has 0 spiro atoms. The maximum Gasteiger partial charge on any atom is 0.253 e. The van der Waals surface area contributed by atoms with Gasteiger partial charge in [-0.25, -0.2) is 13.1 Å². The third kappa shape index (κ3) is 7.74. The van der Waals surface area contributed by atoms with Crippen LogP contribution in [0, 0.1) is 18.3 Å². The Bertz CT molecular complexity index is 1470. The van der Waals surface area contributed by atoms with E-state index in [1.54, 1.807) is 6.07 Å². The van der Waals surface area contributed by atoms with Gasteiger partial charge in [0.05, 0.1) is 15.9 Å². The van der Waals surface area contributed by atoms with Crippen molar-refractivity contribution in [2.45, 2.75) is 116 Å². The van der Waals surface area contributed by atoms with Crippen LogP contribution in [0.1, 0.15) is 108 Å². The van der Waals surface area contributed by atoms with Crippen molar-refractivity contribution >= 4 is 21.8 Å². The number of carbonyl (C=O) groups is 2. The zero-order valence-electron chi connectivity index (χ0n) is 27.6. The van der Waals surface area contributed by atoms with E-state index in [1.807, 2.05) is 66.7 Å². The molecule has 1 aliphatic carbocycles. The standard InChI is InChI=1S/C34H52N4O5S/c1-23-26(30(39)36-22-34(31(35)40)15-17-43-18-16-34)20-28(38(23)21-24-11-9-8-10-12-24)25-13-14-29(27(19-25)32(2,3)4)44(41,42)37-33(5,6)7/h13-14,19-20,24,37H,8-12,15-18,21-22H2,1-7H3,(H2,35,40)(H,36,39). The molecule has 1 aromatic carbocycles. The van der Waals surface area contributed by atoms with E-state index in [2.05, 4.69) is 14.6 Å². The van der Waals surface area contributed by atoms with Gasteiger partial charge in [-0.05, 0) is 94.0 Å². The van der Waals surface area contributed by atoms with E-state index in [0.29, 0.717) is 43.1 Å². The predicted molar refractivity (Wildman–Crippen MR) is 174 cm³/mol. The number of nitrogens with zero attached hydrogens (tertiary/aromatic N) is 1. The van der Waals surface area contributed by atoms with Crippen LogP contribution in [0.15, 0.2) is 29.2 Å². The first-order valence-corrected chi connectivity index (χ1v) is 17.5. The number of benzene rings is 1. The molecule has 10 heteroatoms. The maximum atomic E-state index is 13.7. The van der Waals surface area contributed by atoms with Crippen LogP contribution in [-0.2, 0) is 31.5 Å². The van der Waals surface area contributed by atoms with Gasteiger partial charge in [-0.15, -0.1) is 0 Å². The first-order valence-electron chi connectivity index (χ1n) is 16.0. The van der Waals surface area contributed by atoms with Gasteiger partial charge in [0.1, 0.15) is 0 Å². The van der Waals surface area contributed by atoms with Crippen LogP contribution in [-0.4, -0.2) is 50.1 Å². The summed E-state index contributed by atoms with van der Waals surface area (Å²) in [5.74, 6) is -0.162. The van der Waals surface area contributed by atoms with Crippen molar-refractivity contribution in [2.24, 2.45) is 17.1 Å². The summed E-state index contributed by atoms with van der Waals surface area (Å²) in [6.07, 6.45) is 6.90. The van der Waals surface area contributed by atoms with Crippen LogP contribution in [0.25, 0.3) is 11.3 Å². The fourth-order valence-corrected chi connectivity index (χ4v) is 8.38. The normalized spacial score (nSPS) is 18.2. The summed E-state index contributed by atoms with van der Waals surface area (Å²) in [6.45, 7) is 15.3. The van der Waals surface area contributed by atoms with E-state index in [9.17, 15) is 18.0 Å². The number of hydrogen-bond acceptors (Lipinski definition) is 5. The topological polar surface area (TPSA) is 133 Å².